The van der Waals surface area contributed by atoms with Crippen LogP contribution in [-0.2, 0) is 22.4 Å². The van der Waals surface area contributed by atoms with Gasteiger partial charge in [-0.3, -0.25) is 4.79 Å². The first-order chi connectivity index (χ1) is 14.5. The quantitative estimate of drug-likeness (QED) is 0.347. The smallest absolute Gasteiger partial charge is 0.221 e. The van der Waals surface area contributed by atoms with Gasteiger partial charge in [-0.05, 0) is 48.7 Å². The fourth-order valence-electron chi connectivity index (χ4n) is 2.94. The molecule has 5 nitrogen and oxygen atoms in total. The summed E-state index contributed by atoms with van der Waals surface area (Å²) in [4.78, 5) is 11.1. The molecule has 0 heterocycles. The highest BCUT2D eigenvalue weighted by atomic mass is 16.5. The molecule has 2 aromatic rings. The maximum atomic E-state index is 11.1. The number of benzene rings is 2. The van der Waals surface area contributed by atoms with E-state index in [0.29, 0.717) is 26.2 Å². The van der Waals surface area contributed by atoms with Crippen LogP contribution in [0.2, 0.25) is 0 Å². The van der Waals surface area contributed by atoms with Crippen molar-refractivity contribution in [3.63, 3.8) is 0 Å². The van der Waals surface area contributed by atoms with Crippen LogP contribution < -0.4 is 14.8 Å². The summed E-state index contributed by atoms with van der Waals surface area (Å²) in [5.74, 6) is 2.17. The first-order valence-electron chi connectivity index (χ1n) is 10.6. The minimum atomic E-state index is -0.0741. The molecule has 0 spiro atoms. The van der Waals surface area contributed by atoms with E-state index in [2.05, 4.69) is 18.8 Å². The number of anilines is 1. The van der Waals surface area contributed by atoms with E-state index in [9.17, 15) is 4.79 Å². The van der Waals surface area contributed by atoms with E-state index in [1.165, 1.54) is 6.92 Å². The van der Waals surface area contributed by atoms with Crippen LogP contribution in [0.1, 0.15) is 44.7 Å². The summed E-state index contributed by atoms with van der Waals surface area (Å²) in [5, 5.41) is 2.77. The van der Waals surface area contributed by atoms with Crippen molar-refractivity contribution in [3.8, 4) is 11.5 Å². The van der Waals surface area contributed by atoms with Gasteiger partial charge in [0.05, 0.1) is 25.6 Å². The van der Waals surface area contributed by atoms with Crippen LogP contribution in [0.5, 0.6) is 11.5 Å². The van der Waals surface area contributed by atoms with Crippen LogP contribution in [0.4, 0.5) is 5.69 Å². The number of carbonyl (C=O) groups excluding carboxylic acids is 1. The fraction of sp³-hybridized carbons (Fsp3) is 0.400. The first-order valence-corrected chi connectivity index (χ1v) is 10.6. The molecule has 0 bridgehead atoms. The third-order valence-electron chi connectivity index (χ3n) is 4.44. The van der Waals surface area contributed by atoms with Crippen molar-refractivity contribution >= 4 is 11.6 Å². The van der Waals surface area contributed by atoms with Crippen LogP contribution in [0.15, 0.2) is 54.8 Å². The number of hydrogen-bond acceptors (Lipinski definition) is 4. The van der Waals surface area contributed by atoms with Crippen molar-refractivity contribution in [1.82, 2.24) is 0 Å². The van der Waals surface area contributed by atoms with Gasteiger partial charge in [-0.2, -0.15) is 0 Å². The van der Waals surface area contributed by atoms with E-state index in [0.717, 1.165) is 53.3 Å². The van der Waals surface area contributed by atoms with Crippen molar-refractivity contribution in [2.45, 2.75) is 46.5 Å². The van der Waals surface area contributed by atoms with E-state index in [1.807, 2.05) is 49.4 Å². The van der Waals surface area contributed by atoms with Crippen molar-refractivity contribution in [1.29, 1.82) is 0 Å². The molecule has 0 aliphatic heterocycles. The van der Waals surface area contributed by atoms with Crippen molar-refractivity contribution < 1.29 is 19.0 Å². The second kappa shape index (κ2) is 12.6. The molecule has 30 heavy (non-hydrogen) atoms. The van der Waals surface area contributed by atoms with Gasteiger partial charge in [0.2, 0.25) is 5.91 Å². The molecule has 1 amide bonds. The lowest BCUT2D eigenvalue weighted by molar-refractivity contribution is -0.114. The highest BCUT2D eigenvalue weighted by Gasteiger charge is 2.09. The fourth-order valence-corrected chi connectivity index (χ4v) is 2.94. The topological polar surface area (TPSA) is 56.8 Å². The minimum Gasteiger partial charge on any atom is -0.498 e. The Bertz CT molecular complexity index is 814. The molecule has 0 unspecified atom stereocenters. The molecule has 0 aliphatic carbocycles. The van der Waals surface area contributed by atoms with Gasteiger partial charge in [0, 0.05) is 25.5 Å². The average Bonchev–Trinajstić information content (AvgIpc) is 2.71. The number of carbonyl (C=O) groups is 1. The molecule has 5 heteroatoms. The molecule has 0 aliphatic rings. The Morgan fingerprint density at radius 3 is 2.33 bits per heavy atom. The van der Waals surface area contributed by atoms with Gasteiger partial charge < -0.3 is 19.5 Å². The van der Waals surface area contributed by atoms with Gasteiger partial charge in [-0.25, -0.2) is 0 Å². The second-order valence-corrected chi connectivity index (χ2v) is 7.11. The first kappa shape index (κ1) is 23.3. The number of hydrogen-bond donors (Lipinski definition) is 1. The zero-order chi connectivity index (χ0) is 21.8. The Labute approximate surface area is 180 Å². The molecular weight excluding hydrogens is 378 g/mol. The predicted octanol–water partition coefficient (Wildman–Crippen LogP) is 5.54. The molecule has 162 valence electrons. The normalized spacial score (nSPS) is 10.4. The van der Waals surface area contributed by atoms with Gasteiger partial charge in [-0.15, -0.1) is 0 Å². The monoisotopic (exact) mass is 411 g/mol. The average molecular weight is 412 g/mol. The van der Waals surface area contributed by atoms with E-state index in [1.54, 1.807) is 0 Å². The minimum absolute atomic E-state index is 0.0741. The Morgan fingerprint density at radius 1 is 0.967 bits per heavy atom. The standard InChI is InChI=1S/C25H33NO4/c1-5-7-15-29-25-18-22(17-19(3)28-6-2)10-13-24(25)30-16-14-21-8-11-23(12-9-21)26-20(4)27/h8-13,18H,3,5-7,14-17H2,1-2,4H3,(H,26,27). The third-order valence-corrected chi connectivity index (χ3v) is 4.44. The molecule has 0 saturated heterocycles. The highest BCUT2D eigenvalue weighted by Crippen LogP contribution is 2.30. The van der Waals surface area contributed by atoms with Crippen LogP contribution in [0.25, 0.3) is 0 Å². The van der Waals surface area contributed by atoms with Crippen LogP contribution in [0.3, 0.4) is 0 Å². The lowest BCUT2D eigenvalue weighted by atomic mass is 10.1. The van der Waals surface area contributed by atoms with Crippen molar-refractivity contribution in [2.75, 3.05) is 25.1 Å². The van der Waals surface area contributed by atoms with E-state index >= 15 is 0 Å². The maximum absolute atomic E-state index is 11.1. The number of unbranched alkanes of at least 4 members (excludes halogenated alkanes) is 1. The zero-order valence-electron chi connectivity index (χ0n) is 18.3. The molecule has 1 N–H and O–H groups in total. The summed E-state index contributed by atoms with van der Waals surface area (Å²) >= 11 is 0. The molecule has 0 atom stereocenters. The predicted molar refractivity (Wildman–Crippen MR) is 121 cm³/mol. The number of amides is 1. The molecule has 0 radical (unpaired) electrons. The molecule has 0 fully saturated rings. The van der Waals surface area contributed by atoms with Gasteiger partial charge in [-0.1, -0.05) is 38.1 Å². The van der Waals surface area contributed by atoms with E-state index < -0.39 is 0 Å². The largest absolute Gasteiger partial charge is 0.498 e. The Morgan fingerprint density at radius 2 is 1.67 bits per heavy atom. The molecule has 2 rings (SSSR count). The summed E-state index contributed by atoms with van der Waals surface area (Å²) < 4.78 is 17.5. The number of nitrogens with one attached hydrogen (secondary N) is 1. The van der Waals surface area contributed by atoms with Crippen molar-refractivity contribution in [2.24, 2.45) is 0 Å². The molecule has 0 saturated carbocycles. The summed E-state index contributed by atoms with van der Waals surface area (Å²) in [7, 11) is 0. The highest BCUT2D eigenvalue weighted by molar-refractivity contribution is 5.88. The number of rotatable bonds is 13. The second-order valence-electron chi connectivity index (χ2n) is 7.11. The zero-order valence-corrected chi connectivity index (χ0v) is 18.3. The molecule has 0 aromatic heterocycles. The molecular formula is C25H33NO4. The van der Waals surface area contributed by atoms with E-state index in [4.69, 9.17) is 14.2 Å². The molecule has 2 aromatic carbocycles. The Balaban J connectivity index is 1.98. The Kier molecular flexibility index (Phi) is 9.78. The van der Waals surface area contributed by atoms with Gasteiger partial charge in [0.1, 0.15) is 0 Å². The third kappa shape index (κ3) is 8.19. The summed E-state index contributed by atoms with van der Waals surface area (Å²) in [6, 6.07) is 13.8. The maximum Gasteiger partial charge on any atom is 0.221 e. The number of ether oxygens (including phenoxy) is 3. The van der Waals surface area contributed by atoms with Crippen LogP contribution in [0, 0.1) is 0 Å². The van der Waals surface area contributed by atoms with Crippen LogP contribution >= 0.6 is 0 Å². The summed E-state index contributed by atoms with van der Waals surface area (Å²) in [6.07, 6.45) is 3.48. The summed E-state index contributed by atoms with van der Waals surface area (Å²) in [6.45, 7) is 11.4. The SMILES string of the molecule is C=C(Cc1ccc(OCCc2ccc(NC(C)=O)cc2)c(OCCCC)c1)OCC. The lowest BCUT2D eigenvalue weighted by Crippen LogP contribution is -2.07. The number of allylic oxidation sites excluding steroid dienone is 1. The van der Waals surface area contributed by atoms with Gasteiger partial charge in [0.25, 0.3) is 0 Å². The van der Waals surface area contributed by atoms with E-state index in [-0.39, 0.29) is 5.91 Å². The van der Waals surface area contributed by atoms with Crippen LogP contribution in [-0.4, -0.2) is 25.7 Å². The van der Waals surface area contributed by atoms with Crippen molar-refractivity contribution in [3.05, 3.63) is 65.9 Å². The van der Waals surface area contributed by atoms with Gasteiger partial charge in [0.15, 0.2) is 11.5 Å². The summed E-state index contributed by atoms with van der Waals surface area (Å²) in [5.41, 5.74) is 3.02. The lowest BCUT2D eigenvalue weighted by Gasteiger charge is -2.15. The Hall–Kier alpha value is -2.95. The van der Waals surface area contributed by atoms with Gasteiger partial charge >= 0.3 is 0 Å².